The van der Waals surface area contributed by atoms with E-state index in [1.165, 1.54) is 6.33 Å². The molecule has 0 radical (unpaired) electrons. The molecule has 1 saturated heterocycles. The maximum Gasteiger partial charge on any atom is 0.308 e. The van der Waals surface area contributed by atoms with Gasteiger partial charge in [-0.1, -0.05) is 0 Å². The number of carboxylic acids is 1. The van der Waals surface area contributed by atoms with Crippen LogP contribution >= 0.6 is 11.8 Å². The Balaban J connectivity index is 1.30. The van der Waals surface area contributed by atoms with Crippen LogP contribution in [0.25, 0.3) is 10.9 Å². The number of alkyl halides is 1. The molecule has 1 fully saturated rings. The maximum atomic E-state index is 15.4. The Kier molecular flexibility index (Phi) is 8.87. The summed E-state index contributed by atoms with van der Waals surface area (Å²) in [5, 5.41) is 10.6. The van der Waals surface area contributed by atoms with Gasteiger partial charge in [0.25, 0.3) is 0 Å². The van der Waals surface area contributed by atoms with Gasteiger partial charge >= 0.3 is 5.97 Å². The molecule has 3 atom stereocenters. The van der Waals surface area contributed by atoms with E-state index in [2.05, 4.69) is 19.9 Å². The van der Waals surface area contributed by atoms with E-state index in [0.29, 0.717) is 30.7 Å². The second-order valence-electron chi connectivity index (χ2n) is 8.90. The molecule has 3 heterocycles. The van der Waals surface area contributed by atoms with Crippen molar-refractivity contribution in [1.29, 1.82) is 0 Å². The van der Waals surface area contributed by atoms with E-state index < -0.39 is 18.1 Å². The van der Waals surface area contributed by atoms with Crippen LogP contribution in [0.3, 0.4) is 0 Å². The number of thioether (sulfide) groups is 1. The number of piperidine rings is 1. The minimum Gasteiger partial charge on any atom is -0.497 e. The summed E-state index contributed by atoms with van der Waals surface area (Å²) in [5.74, 6) is 0.304. The average molecular weight is 499 g/mol. The van der Waals surface area contributed by atoms with Crippen LogP contribution in [0.2, 0.25) is 0 Å². The second kappa shape index (κ2) is 12.3. The Labute approximate surface area is 209 Å². The summed E-state index contributed by atoms with van der Waals surface area (Å²) in [5.41, 5.74) is 1.31. The molecule has 0 unspecified atom stereocenters. The minimum atomic E-state index is -1.18. The molecule has 0 spiro atoms. The van der Waals surface area contributed by atoms with Gasteiger partial charge < -0.3 is 14.7 Å². The number of methoxy groups -OCH3 is 1. The molecule has 1 aromatic carbocycles. The van der Waals surface area contributed by atoms with Gasteiger partial charge in [-0.15, -0.1) is 11.8 Å². The van der Waals surface area contributed by atoms with Crippen LogP contribution in [0.5, 0.6) is 5.75 Å². The third-order valence-electron chi connectivity index (χ3n) is 6.69. The normalized spacial score (nSPS) is 19.5. The molecule has 2 aromatic heterocycles. The molecule has 0 amide bonds. The van der Waals surface area contributed by atoms with Crippen LogP contribution in [0.4, 0.5) is 4.39 Å². The molecule has 0 saturated carbocycles. The SMILES string of the molecule is COc1ccc2nccc([C@H](F)CC[C@@H]3CCN(CCCSc4cncnc4)C[C@@H]3C(=O)O)c2c1. The number of benzene rings is 1. The molecule has 1 N–H and O–H groups in total. The molecule has 9 heteroatoms. The Morgan fingerprint density at radius 2 is 2.14 bits per heavy atom. The first-order chi connectivity index (χ1) is 17.0. The lowest BCUT2D eigenvalue weighted by atomic mass is 9.81. The van der Waals surface area contributed by atoms with E-state index in [-0.39, 0.29) is 5.92 Å². The number of aromatic nitrogens is 3. The van der Waals surface area contributed by atoms with Crippen LogP contribution in [-0.2, 0) is 4.79 Å². The van der Waals surface area contributed by atoms with Crippen molar-refractivity contribution in [2.45, 2.75) is 36.8 Å². The number of carboxylic acid groups (broad SMARTS) is 1. The standard InChI is InChI=1S/C26H31FN4O3S/c1-34-19-4-6-25-22(13-19)21(7-9-30-25)24(27)5-3-18-8-11-31(16-23(18)26(32)33)10-2-12-35-20-14-28-17-29-15-20/h4,6-7,9,13-15,17-18,23-24H,2-3,5,8,10-12,16H2,1H3,(H,32,33)/t18-,23+,24-/m1/s1. The first kappa shape index (κ1) is 25.3. The highest BCUT2D eigenvalue weighted by Crippen LogP contribution is 2.35. The predicted molar refractivity (Wildman–Crippen MR) is 134 cm³/mol. The van der Waals surface area contributed by atoms with Gasteiger partial charge in [0.05, 0.1) is 18.5 Å². The second-order valence-corrected chi connectivity index (χ2v) is 10.1. The number of hydrogen-bond acceptors (Lipinski definition) is 7. The fraction of sp³-hybridized carbons (Fsp3) is 0.462. The number of carbonyl (C=O) groups is 1. The number of nitrogens with zero attached hydrogens (tertiary/aromatic N) is 4. The van der Waals surface area contributed by atoms with E-state index in [1.54, 1.807) is 43.5 Å². The molecule has 0 aliphatic carbocycles. The zero-order valence-electron chi connectivity index (χ0n) is 19.8. The first-order valence-electron chi connectivity index (χ1n) is 11.9. The van der Waals surface area contributed by atoms with Crippen molar-refractivity contribution >= 4 is 28.6 Å². The number of hydrogen-bond donors (Lipinski definition) is 1. The van der Waals surface area contributed by atoms with E-state index in [1.807, 2.05) is 18.2 Å². The number of halogens is 1. The van der Waals surface area contributed by atoms with Gasteiger partial charge in [-0.2, -0.15) is 0 Å². The van der Waals surface area contributed by atoms with Gasteiger partial charge in [0.2, 0.25) is 0 Å². The van der Waals surface area contributed by atoms with Gasteiger partial charge in [-0.25, -0.2) is 14.4 Å². The van der Waals surface area contributed by atoms with Crippen molar-refractivity contribution < 1.29 is 19.0 Å². The van der Waals surface area contributed by atoms with Crippen LogP contribution in [0, 0.1) is 11.8 Å². The lowest BCUT2D eigenvalue weighted by Gasteiger charge is -2.36. The van der Waals surface area contributed by atoms with Crippen LogP contribution in [-0.4, -0.2) is 63.4 Å². The first-order valence-corrected chi connectivity index (χ1v) is 12.9. The number of rotatable bonds is 11. The van der Waals surface area contributed by atoms with Crippen LogP contribution < -0.4 is 4.74 Å². The zero-order valence-corrected chi connectivity index (χ0v) is 20.7. The van der Waals surface area contributed by atoms with Crippen molar-refractivity contribution in [2.75, 3.05) is 32.5 Å². The van der Waals surface area contributed by atoms with Gasteiger partial charge in [-0.3, -0.25) is 9.78 Å². The van der Waals surface area contributed by atoms with Gasteiger partial charge in [-0.05, 0) is 80.3 Å². The maximum absolute atomic E-state index is 15.4. The summed E-state index contributed by atoms with van der Waals surface area (Å²) in [4.78, 5) is 27.7. The van der Waals surface area contributed by atoms with Crippen molar-refractivity contribution in [3.63, 3.8) is 0 Å². The molecule has 4 rings (SSSR count). The highest BCUT2D eigenvalue weighted by molar-refractivity contribution is 7.99. The number of fused-ring (bicyclic) bond motifs is 1. The van der Waals surface area contributed by atoms with Crippen LogP contribution in [0.15, 0.2) is 54.1 Å². The molecule has 35 heavy (non-hydrogen) atoms. The predicted octanol–water partition coefficient (Wildman–Crippen LogP) is 5.03. The molecular formula is C26H31FN4O3S. The van der Waals surface area contributed by atoms with Gasteiger partial charge in [0.1, 0.15) is 18.2 Å². The number of aliphatic carboxylic acids is 1. The highest BCUT2D eigenvalue weighted by atomic mass is 32.2. The fourth-order valence-corrected chi connectivity index (χ4v) is 5.58. The molecular weight excluding hydrogens is 467 g/mol. The topological polar surface area (TPSA) is 88.4 Å². The van der Waals surface area contributed by atoms with Gasteiger partial charge in [0, 0.05) is 35.4 Å². The number of likely N-dealkylation sites (tertiary alicyclic amines) is 1. The quantitative estimate of drug-likeness (QED) is 0.291. The Hall–Kier alpha value is -2.78. The Morgan fingerprint density at radius 3 is 2.91 bits per heavy atom. The summed E-state index contributed by atoms with van der Waals surface area (Å²) in [6.07, 6.45) is 8.12. The molecule has 1 aliphatic heterocycles. The largest absolute Gasteiger partial charge is 0.497 e. The number of pyridine rings is 1. The lowest BCUT2D eigenvalue weighted by molar-refractivity contribution is -0.146. The summed E-state index contributed by atoms with van der Waals surface area (Å²) >= 11 is 1.71. The highest BCUT2D eigenvalue weighted by Gasteiger charge is 2.34. The number of ether oxygens (including phenoxy) is 1. The van der Waals surface area contributed by atoms with Crippen molar-refractivity contribution in [3.05, 3.63) is 54.7 Å². The van der Waals surface area contributed by atoms with Crippen molar-refractivity contribution in [1.82, 2.24) is 19.9 Å². The smallest absolute Gasteiger partial charge is 0.308 e. The Bertz CT molecular complexity index is 1120. The summed E-state index contributed by atoms with van der Waals surface area (Å²) in [6, 6.07) is 7.16. The van der Waals surface area contributed by atoms with Crippen molar-refractivity contribution in [3.8, 4) is 5.75 Å². The monoisotopic (exact) mass is 498 g/mol. The van der Waals surface area contributed by atoms with Crippen LogP contribution in [0.1, 0.15) is 37.4 Å². The third-order valence-corrected chi connectivity index (χ3v) is 7.73. The van der Waals surface area contributed by atoms with E-state index >= 15 is 4.39 Å². The minimum absolute atomic E-state index is 0.0273. The molecule has 3 aromatic rings. The van der Waals surface area contributed by atoms with E-state index in [0.717, 1.165) is 47.5 Å². The summed E-state index contributed by atoms with van der Waals surface area (Å²) in [7, 11) is 1.58. The molecule has 0 bridgehead atoms. The zero-order chi connectivity index (χ0) is 24.6. The lowest BCUT2D eigenvalue weighted by Crippen LogP contribution is -2.44. The van der Waals surface area contributed by atoms with Crippen molar-refractivity contribution in [2.24, 2.45) is 11.8 Å². The Morgan fingerprint density at radius 1 is 1.31 bits per heavy atom. The van der Waals surface area contributed by atoms with E-state index in [4.69, 9.17) is 4.74 Å². The third kappa shape index (κ3) is 6.67. The van der Waals surface area contributed by atoms with E-state index in [9.17, 15) is 9.90 Å². The molecule has 7 nitrogen and oxygen atoms in total. The molecule has 186 valence electrons. The molecule has 1 aliphatic rings. The summed E-state index contributed by atoms with van der Waals surface area (Å²) < 4.78 is 20.7. The average Bonchev–Trinajstić information content (AvgIpc) is 2.89. The van der Waals surface area contributed by atoms with Gasteiger partial charge in [0.15, 0.2) is 0 Å². The summed E-state index contributed by atoms with van der Waals surface area (Å²) in [6.45, 7) is 2.22. The fourth-order valence-electron chi connectivity index (χ4n) is 4.80.